The third kappa shape index (κ3) is 5.13. The maximum atomic E-state index is 6.34. The van der Waals surface area contributed by atoms with Crippen LogP contribution in [0.15, 0.2) is 174 Å². The molecule has 0 amide bonds. The highest BCUT2D eigenvalue weighted by molar-refractivity contribution is 6.06. The van der Waals surface area contributed by atoms with Gasteiger partial charge in [-0.1, -0.05) is 91.0 Å². The second kappa shape index (κ2) is 12.2. The van der Waals surface area contributed by atoms with Crippen molar-refractivity contribution in [3.8, 4) is 45.0 Å². The van der Waals surface area contributed by atoms with Gasteiger partial charge in [0.05, 0.1) is 27.9 Å². The van der Waals surface area contributed by atoms with Crippen LogP contribution in [0.4, 0.5) is 0 Å². The number of benzene rings is 6. The number of aromatic nitrogens is 4. The number of hydrogen-bond donors (Lipinski definition) is 0. The number of rotatable bonds is 5. The van der Waals surface area contributed by atoms with E-state index >= 15 is 0 Å². The predicted octanol–water partition coefficient (Wildman–Crippen LogP) is 12.7. The molecule has 254 valence electrons. The standard InChI is InChI=1S/C49H32N4O/c1-3-11-31(12-4-1)36-26-37(32-13-5-2-6-14-32)28-38(27-36)49-51-42(30-43(52-49)34-19-22-40-39-15-7-10-18-46(39)54-47(40)29-34)33-20-23-44-35(25-33)21-24-48-50-41-16-8-9-17-45(41)53(44)48/h1,3-5,7-30H,2,6H2. The molecule has 10 aromatic rings. The number of allylic oxidation sites excluding steroid dienone is 4. The van der Waals surface area contributed by atoms with Crippen molar-refractivity contribution in [2.45, 2.75) is 12.8 Å². The molecule has 4 heterocycles. The lowest BCUT2D eigenvalue weighted by Crippen LogP contribution is -1.98. The molecule has 0 aliphatic heterocycles. The number of hydrogen-bond acceptors (Lipinski definition) is 4. The van der Waals surface area contributed by atoms with Gasteiger partial charge in [0, 0.05) is 27.5 Å². The van der Waals surface area contributed by atoms with E-state index in [9.17, 15) is 0 Å². The molecule has 1 aliphatic carbocycles. The minimum absolute atomic E-state index is 0.669. The van der Waals surface area contributed by atoms with Crippen LogP contribution < -0.4 is 0 Å². The Morgan fingerprint density at radius 1 is 0.481 bits per heavy atom. The molecule has 0 unspecified atom stereocenters. The Labute approximate surface area is 311 Å². The van der Waals surface area contributed by atoms with E-state index in [0.717, 1.165) is 107 Å². The Hall–Kier alpha value is -7.11. The van der Waals surface area contributed by atoms with Crippen LogP contribution in [0.2, 0.25) is 0 Å². The van der Waals surface area contributed by atoms with Crippen molar-refractivity contribution >= 4 is 55.1 Å². The van der Waals surface area contributed by atoms with Crippen LogP contribution in [0.5, 0.6) is 0 Å². The average molecular weight is 693 g/mol. The van der Waals surface area contributed by atoms with Gasteiger partial charge in [-0.3, -0.25) is 4.40 Å². The molecule has 0 spiro atoms. The van der Waals surface area contributed by atoms with Crippen LogP contribution in [-0.4, -0.2) is 19.4 Å². The summed E-state index contributed by atoms with van der Waals surface area (Å²) in [6.07, 6.45) is 8.91. The van der Waals surface area contributed by atoms with Crippen molar-refractivity contribution in [3.05, 3.63) is 175 Å². The molecule has 5 heteroatoms. The van der Waals surface area contributed by atoms with Crippen molar-refractivity contribution in [2.24, 2.45) is 0 Å². The van der Waals surface area contributed by atoms with Crippen LogP contribution in [0, 0.1) is 0 Å². The molecule has 0 radical (unpaired) electrons. The van der Waals surface area contributed by atoms with Gasteiger partial charge in [0.25, 0.3) is 0 Å². The van der Waals surface area contributed by atoms with Crippen LogP contribution in [0.3, 0.4) is 0 Å². The van der Waals surface area contributed by atoms with Crippen molar-refractivity contribution in [2.75, 3.05) is 0 Å². The quantitative estimate of drug-likeness (QED) is 0.180. The second-order valence-corrected chi connectivity index (χ2v) is 14.0. The molecule has 54 heavy (non-hydrogen) atoms. The van der Waals surface area contributed by atoms with E-state index in [4.69, 9.17) is 19.4 Å². The van der Waals surface area contributed by atoms with E-state index < -0.39 is 0 Å². The zero-order valence-electron chi connectivity index (χ0n) is 29.3. The van der Waals surface area contributed by atoms with Crippen LogP contribution >= 0.6 is 0 Å². The van der Waals surface area contributed by atoms with Gasteiger partial charge < -0.3 is 4.42 Å². The lowest BCUT2D eigenvalue weighted by molar-refractivity contribution is 0.669. The zero-order chi connectivity index (χ0) is 35.6. The van der Waals surface area contributed by atoms with E-state index in [1.807, 2.05) is 18.2 Å². The summed E-state index contributed by atoms with van der Waals surface area (Å²) in [5.74, 6) is 0.669. The highest BCUT2D eigenvalue weighted by atomic mass is 16.3. The lowest BCUT2D eigenvalue weighted by atomic mass is 9.93. The van der Waals surface area contributed by atoms with Crippen molar-refractivity contribution < 1.29 is 4.42 Å². The van der Waals surface area contributed by atoms with Gasteiger partial charge in [0.2, 0.25) is 0 Å². The Morgan fingerprint density at radius 3 is 2.13 bits per heavy atom. The summed E-state index contributed by atoms with van der Waals surface area (Å²) >= 11 is 0. The highest BCUT2D eigenvalue weighted by Gasteiger charge is 2.17. The summed E-state index contributed by atoms with van der Waals surface area (Å²) in [4.78, 5) is 15.5. The summed E-state index contributed by atoms with van der Waals surface area (Å²) < 4.78 is 8.57. The SMILES string of the molecule is C1=CC(c2cc(-c3ccccc3)cc(-c3nc(-c4ccc5c(ccc6nc7ccccc7n65)c4)cc(-c4ccc5c(c4)oc4ccccc45)n3)c2)=CCC1. The Balaban J connectivity index is 1.13. The summed E-state index contributed by atoms with van der Waals surface area (Å²) in [5, 5.41) is 3.30. The normalized spacial score (nSPS) is 13.1. The maximum absolute atomic E-state index is 6.34. The van der Waals surface area contributed by atoms with E-state index in [2.05, 4.69) is 156 Å². The number of fused-ring (bicyclic) bond motifs is 8. The fourth-order valence-electron chi connectivity index (χ4n) is 7.93. The first kappa shape index (κ1) is 30.5. The van der Waals surface area contributed by atoms with E-state index in [1.165, 1.54) is 5.57 Å². The number of pyridine rings is 1. The van der Waals surface area contributed by atoms with Crippen molar-refractivity contribution in [1.29, 1.82) is 0 Å². The fraction of sp³-hybridized carbons (Fsp3) is 0.0408. The Bertz CT molecular complexity index is 3170. The third-order valence-corrected chi connectivity index (χ3v) is 10.6. The highest BCUT2D eigenvalue weighted by Crippen LogP contribution is 2.37. The summed E-state index contributed by atoms with van der Waals surface area (Å²) in [6, 6.07) is 53.1. The van der Waals surface area contributed by atoms with Crippen LogP contribution in [0.25, 0.3) is 100 Å². The topological polar surface area (TPSA) is 56.2 Å². The number of nitrogens with zero attached hydrogens (tertiary/aromatic N) is 4. The molecule has 5 nitrogen and oxygen atoms in total. The number of furan rings is 1. The molecule has 4 aromatic heterocycles. The first-order valence-electron chi connectivity index (χ1n) is 18.4. The minimum Gasteiger partial charge on any atom is -0.456 e. The molecule has 6 aromatic carbocycles. The Morgan fingerprint density at radius 2 is 1.24 bits per heavy atom. The molecule has 11 rings (SSSR count). The average Bonchev–Trinajstić information content (AvgIpc) is 3.82. The summed E-state index contributed by atoms with van der Waals surface area (Å²) in [6.45, 7) is 0. The van der Waals surface area contributed by atoms with Gasteiger partial charge >= 0.3 is 0 Å². The molecule has 0 N–H and O–H groups in total. The van der Waals surface area contributed by atoms with Crippen LogP contribution in [-0.2, 0) is 0 Å². The van der Waals surface area contributed by atoms with Gasteiger partial charge in [0.1, 0.15) is 16.8 Å². The predicted molar refractivity (Wildman–Crippen MR) is 221 cm³/mol. The van der Waals surface area contributed by atoms with E-state index in [1.54, 1.807) is 0 Å². The van der Waals surface area contributed by atoms with Crippen molar-refractivity contribution in [3.63, 3.8) is 0 Å². The molecule has 0 saturated heterocycles. The molecule has 0 bridgehead atoms. The molecule has 0 fully saturated rings. The molecule has 0 saturated carbocycles. The molecular weight excluding hydrogens is 661 g/mol. The third-order valence-electron chi connectivity index (χ3n) is 10.6. The van der Waals surface area contributed by atoms with E-state index in [-0.39, 0.29) is 0 Å². The largest absolute Gasteiger partial charge is 0.456 e. The number of imidazole rings is 1. The fourth-order valence-corrected chi connectivity index (χ4v) is 7.93. The summed E-state index contributed by atoms with van der Waals surface area (Å²) in [5.41, 5.74) is 15.1. The monoisotopic (exact) mass is 692 g/mol. The maximum Gasteiger partial charge on any atom is 0.160 e. The van der Waals surface area contributed by atoms with Gasteiger partial charge in [-0.05, 0) is 119 Å². The first-order valence-corrected chi connectivity index (χ1v) is 18.4. The smallest absolute Gasteiger partial charge is 0.160 e. The number of para-hydroxylation sites is 3. The van der Waals surface area contributed by atoms with Crippen LogP contribution in [0.1, 0.15) is 18.4 Å². The summed E-state index contributed by atoms with van der Waals surface area (Å²) in [7, 11) is 0. The van der Waals surface area contributed by atoms with Gasteiger partial charge in [-0.25, -0.2) is 15.0 Å². The zero-order valence-corrected chi connectivity index (χ0v) is 29.3. The van der Waals surface area contributed by atoms with Crippen molar-refractivity contribution in [1.82, 2.24) is 19.4 Å². The molecule has 1 aliphatic rings. The van der Waals surface area contributed by atoms with Gasteiger partial charge in [0.15, 0.2) is 5.82 Å². The van der Waals surface area contributed by atoms with E-state index in [0.29, 0.717) is 5.82 Å². The molecule has 0 atom stereocenters. The second-order valence-electron chi connectivity index (χ2n) is 14.0. The first-order chi connectivity index (χ1) is 26.7. The van der Waals surface area contributed by atoms with Gasteiger partial charge in [-0.15, -0.1) is 0 Å². The minimum atomic E-state index is 0.669. The van der Waals surface area contributed by atoms with Gasteiger partial charge in [-0.2, -0.15) is 0 Å². The molecular formula is C49H32N4O. The lowest BCUT2D eigenvalue weighted by Gasteiger charge is -2.14. The Kier molecular flexibility index (Phi) is 6.92.